The van der Waals surface area contributed by atoms with E-state index in [0.717, 1.165) is 18.5 Å². The second-order valence-electron chi connectivity index (χ2n) is 3.32. The summed E-state index contributed by atoms with van der Waals surface area (Å²) in [6.45, 7) is 0. The van der Waals surface area contributed by atoms with E-state index in [9.17, 15) is 9.59 Å². The van der Waals surface area contributed by atoms with Gasteiger partial charge in [0.1, 0.15) is 0 Å². The van der Waals surface area contributed by atoms with Crippen molar-refractivity contribution in [2.45, 2.75) is 25.2 Å². The van der Waals surface area contributed by atoms with Gasteiger partial charge in [0.25, 0.3) is 5.56 Å². The topological polar surface area (TPSA) is 85.9 Å². The molecule has 2 rings (SSSR count). The Kier molecular flexibility index (Phi) is 1.72. The average Bonchev–Trinajstić information content (AvgIpc) is 2.81. The molecule has 0 spiro atoms. The molecular weight excluding hydrogens is 172 g/mol. The molecule has 3 N–H and O–H groups in total. The van der Waals surface area contributed by atoms with Crippen molar-refractivity contribution in [2.75, 3.05) is 0 Å². The minimum atomic E-state index is -0.966. The van der Waals surface area contributed by atoms with Crippen LogP contribution in [-0.4, -0.2) is 21.3 Å². The van der Waals surface area contributed by atoms with Gasteiger partial charge < -0.3 is 10.2 Å². The van der Waals surface area contributed by atoms with Crippen LogP contribution in [0.15, 0.2) is 4.79 Å². The first-order valence-corrected chi connectivity index (χ1v) is 4.19. The first-order chi connectivity index (χ1) is 6.18. The number of hydrogen-bond donors (Lipinski definition) is 3. The summed E-state index contributed by atoms with van der Waals surface area (Å²) < 4.78 is 0. The van der Waals surface area contributed by atoms with Crippen molar-refractivity contribution in [1.82, 2.24) is 10.2 Å². The monoisotopic (exact) mass is 182 g/mol. The van der Waals surface area contributed by atoms with Gasteiger partial charge in [-0.15, -0.1) is 0 Å². The number of carboxylic acids is 1. The molecule has 1 heterocycles. The smallest absolute Gasteiger partial charge is 0.308 e. The molecule has 5 heteroatoms. The lowest BCUT2D eigenvalue weighted by Crippen LogP contribution is -2.12. The summed E-state index contributed by atoms with van der Waals surface area (Å²) >= 11 is 0. The van der Waals surface area contributed by atoms with E-state index >= 15 is 0 Å². The molecule has 0 aliphatic heterocycles. The van der Waals surface area contributed by atoms with E-state index in [2.05, 4.69) is 10.2 Å². The van der Waals surface area contributed by atoms with Gasteiger partial charge in [0.05, 0.1) is 12.0 Å². The Hall–Kier alpha value is -1.52. The third-order valence-corrected chi connectivity index (χ3v) is 2.22. The van der Waals surface area contributed by atoms with Crippen molar-refractivity contribution in [2.24, 2.45) is 0 Å². The molecule has 1 aromatic rings. The molecule has 1 aliphatic rings. The Labute approximate surface area is 73.8 Å². The van der Waals surface area contributed by atoms with Gasteiger partial charge in [0.15, 0.2) is 0 Å². The number of aromatic nitrogens is 2. The van der Waals surface area contributed by atoms with E-state index in [4.69, 9.17) is 5.11 Å². The fourth-order valence-corrected chi connectivity index (χ4v) is 1.44. The van der Waals surface area contributed by atoms with Gasteiger partial charge in [-0.25, -0.2) is 0 Å². The van der Waals surface area contributed by atoms with Crippen LogP contribution in [0.3, 0.4) is 0 Å². The van der Waals surface area contributed by atoms with Crippen LogP contribution in [0.1, 0.15) is 30.0 Å². The fraction of sp³-hybridized carbons (Fsp3) is 0.500. The number of rotatable bonds is 3. The van der Waals surface area contributed by atoms with Crippen LogP contribution in [0.5, 0.6) is 0 Å². The van der Waals surface area contributed by atoms with Crippen LogP contribution >= 0.6 is 0 Å². The summed E-state index contributed by atoms with van der Waals surface area (Å²) in [7, 11) is 0. The van der Waals surface area contributed by atoms with Gasteiger partial charge >= 0.3 is 5.97 Å². The lowest BCUT2D eigenvalue weighted by molar-refractivity contribution is -0.136. The largest absolute Gasteiger partial charge is 0.481 e. The zero-order valence-corrected chi connectivity index (χ0v) is 6.96. The molecule has 0 amide bonds. The van der Waals surface area contributed by atoms with Crippen molar-refractivity contribution < 1.29 is 9.90 Å². The molecule has 1 fully saturated rings. The van der Waals surface area contributed by atoms with Crippen molar-refractivity contribution in [3.05, 3.63) is 21.6 Å². The molecular formula is C8H10N2O3. The van der Waals surface area contributed by atoms with E-state index in [1.54, 1.807) is 0 Å². The number of aromatic amines is 2. The molecule has 1 saturated carbocycles. The zero-order chi connectivity index (χ0) is 9.42. The minimum absolute atomic E-state index is 0.190. The average molecular weight is 182 g/mol. The van der Waals surface area contributed by atoms with Gasteiger partial charge in [-0.3, -0.25) is 14.7 Å². The first-order valence-electron chi connectivity index (χ1n) is 4.19. The van der Waals surface area contributed by atoms with Crippen LogP contribution in [0.25, 0.3) is 0 Å². The number of nitrogens with one attached hydrogen (secondary N) is 2. The van der Waals surface area contributed by atoms with Crippen LogP contribution in [-0.2, 0) is 11.2 Å². The highest BCUT2D eigenvalue weighted by atomic mass is 16.4. The standard InChI is InChI=1S/C8H10N2O3/c11-6(12)3-5-7(4-1-2-4)9-10-8(5)13/h4H,1-3H2,(H,11,12)(H2,9,10,13). The fourth-order valence-electron chi connectivity index (χ4n) is 1.44. The second-order valence-corrected chi connectivity index (χ2v) is 3.32. The van der Waals surface area contributed by atoms with Crippen molar-refractivity contribution >= 4 is 5.97 Å². The lowest BCUT2D eigenvalue weighted by Gasteiger charge is -1.95. The van der Waals surface area contributed by atoms with Gasteiger partial charge in [-0.2, -0.15) is 0 Å². The van der Waals surface area contributed by atoms with E-state index in [-0.39, 0.29) is 12.0 Å². The molecule has 0 radical (unpaired) electrons. The SMILES string of the molecule is O=C(O)Cc1c(C2CC2)[nH][nH]c1=O. The second kappa shape index (κ2) is 2.76. The molecule has 1 aromatic heterocycles. The number of aliphatic carboxylic acids is 1. The predicted octanol–water partition coefficient (Wildman–Crippen LogP) is 0.208. The third-order valence-electron chi connectivity index (χ3n) is 2.22. The van der Waals surface area contributed by atoms with E-state index in [1.165, 1.54) is 0 Å². The molecule has 0 saturated heterocycles. The van der Waals surface area contributed by atoms with Gasteiger partial charge in [-0.05, 0) is 12.8 Å². The third kappa shape index (κ3) is 1.49. The van der Waals surface area contributed by atoms with E-state index in [1.807, 2.05) is 0 Å². The minimum Gasteiger partial charge on any atom is -0.481 e. The highest BCUT2D eigenvalue weighted by Gasteiger charge is 2.29. The van der Waals surface area contributed by atoms with Gasteiger partial charge in [-0.1, -0.05) is 0 Å². The highest BCUT2D eigenvalue weighted by Crippen LogP contribution is 2.39. The molecule has 0 aromatic carbocycles. The molecule has 0 unspecified atom stereocenters. The summed E-state index contributed by atoms with van der Waals surface area (Å²) in [4.78, 5) is 21.6. The van der Waals surface area contributed by atoms with Crippen molar-refractivity contribution in [1.29, 1.82) is 0 Å². The number of hydrogen-bond acceptors (Lipinski definition) is 2. The quantitative estimate of drug-likeness (QED) is 0.624. The number of carbonyl (C=O) groups is 1. The van der Waals surface area contributed by atoms with E-state index < -0.39 is 5.97 Å². The van der Waals surface area contributed by atoms with E-state index in [0.29, 0.717) is 11.5 Å². The Morgan fingerprint density at radius 1 is 1.46 bits per heavy atom. The first kappa shape index (κ1) is 8.10. The van der Waals surface area contributed by atoms with Crippen LogP contribution < -0.4 is 5.56 Å². The van der Waals surface area contributed by atoms with Crippen LogP contribution in [0.2, 0.25) is 0 Å². The van der Waals surface area contributed by atoms with Crippen molar-refractivity contribution in [3.8, 4) is 0 Å². The van der Waals surface area contributed by atoms with Crippen LogP contribution in [0, 0.1) is 0 Å². The van der Waals surface area contributed by atoms with Crippen LogP contribution in [0.4, 0.5) is 0 Å². The normalized spacial score (nSPS) is 16.0. The predicted molar refractivity (Wildman–Crippen MR) is 44.7 cm³/mol. The number of H-pyrrole nitrogens is 2. The number of carboxylic acid groups (broad SMARTS) is 1. The maximum atomic E-state index is 11.2. The molecule has 1 aliphatic carbocycles. The highest BCUT2D eigenvalue weighted by molar-refractivity contribution is 5.70. The molecule has 70 valence electrons. The Morgan fingerprint density at radius 2 is 2.15 bits per heavy atom. The van der Waals surface area contributed by atoms with Crippen molar-refractivity contribution in [3.63, 3.8) is 0 Å². The van der Waals surface area contributed by atoms with Gasteiger partial charge in [0, 0.05) is 11.6 Å². The zero-order valence-electron chi connectivity index (χ0n) is 6.96. The molecule has 0 atom stereocenters. The lowest BCUT2D eigenvalue weighted by atomic mass is 10.1. The molecule has 13 heavy (non-hydrogen) atoms. The Bertz CT molecular complexity index is 386. The summed E-state index contributed by atoms with van der Waals surface area (Å²) in [5.41, 5.74) is 0.867. The summed E-state index contributed by atoms with van der Waals surface area (Å²) in [5.74, 6) is -0.597. The summed E-state index contributed by atoms with van der Waals surface area (Å²) in [6.07, 6.45) is 1.89. The maximum absolute atomic E-state index is 11.2. The Morgan fingerprint density at radius 3 is 2.69 bits per heavy atom. The molecule has 0 bridgehead atoms. The maximum Gasteiger partial charge on any atom is 0.308 e. The summed E-state index contributed by atoms with van der Waals surface area (Å²) in [6, 6.07) is 0. The Balaban J connectivity index is 2.34. The summed E-state index contributed by atoms with van der Waals surface area (Å²) in [5, 5.41) is 13.7. The molecule has 5 nitrogen and oxygen atoms in total. The van der Waals surface area contributed by atoms with Gasteiger partial charge in [0.2, 0.25) is 0 Å².